The van der Waals surface area contributed by atoms with Gasteiger partial charge in [-0.05, 0) is 19.1 Å². The Labute approximate surface area is 115 Å². The average molecular weight is 282 g/mol. The van der Waals surface area contributed by atoms with Crippen LogP contribution in [0.5, 0.6) is 11.5 Å². The van der Waals surface area contributed by atoms with Crippen molar-refractivity contribution in [1.82, 2.24) is 0 Å². The van der Waals surface area contributed by atoms with E-state index in [1.54, 1.807) is 18.2 Å². The average Bonchev–Trinajstić information content (AvgIpc) is 2.61. The summed E-state index contributed by atoms with van der Waals surface area (Å²) < 4.78 is 23.4. The molecule has 0 N–H and O–H groups in total. The Kier molecular flexibility index (Phi) is 4.58. The van der Waals surface area contributed by atoms with E-state index in [9.17, 15) is 9.00 Å². The fourth-order valence-corrected chi connectivity index (χ4v) is 3.26. The molecule has 2 unspecified atom stereocenters. The summed E-state index contributed by atoms with van der Waals surface area (Å²) in [5, 5.41) is -0.192. The molecule has 1 heterocycles. The number of hydrogen-bond donors (Lipinski definition) is 0. The first-order chi connectivity index (χ1) is 9.08. The van der Waals surface area contributed by atoms with Crippen LogP contribution in [0.2, 0.25) is 0 Å². The van der Waals surface area contributed by atoms with Crippen molar-refractivity contribution in [3.8, 4) is 11.5 Å². The Morgan fingerprint density at radius 2 is 2.00 bits per heavy atom. The second kappa shape index (κ2) is 6.19. The SMILES string of the molecule is CC(=O)CC(C)S(=O)c1ccc2c(c1)OCCCO2. The highest BCUT2D eigenvalue weighted by atomic mass is 32.2. The molecule has 0 saturated heterocycles. The lowest BCUT2D eigenvalue weighted by molar-refractivity contribution is -0.116. The van der Waals surface area contributed by atoms with E-state index in [1.807, 2.05) is 6.92 Å². The molecule has 0 bridgehead atoms. The zero-order valence-electron chi connectivity index (χ0n) is 11.2. The predicted octanol–water partition coefficient (Wildman–Crippen LogP) is 2.32. The van der Waals surface area contributed by atoms with Crippen LogP contribution in [0.3, 0.4) is 0 Å². The van der Waals surface area contributed by atoms with Crippen LogP contribution in [-0.2, 0) is 15.6 Å². The van der Waals surface area contributed by atoms with Gasteiger partial charge >= 0.3 is 0 Å². The van der Waals surface area contributed by atoms with Crippen LogP contribution in [0, 0.1) is 0 Å². The Hall–Kier alpha value is -1.36. The van der Waals surface area contributed by atoms with E-state index >= 15 is 0 Å². The van der Waals surface area contributed by atoms with Crippen LogP contribution >= 0.6 is 0 Å². The van der Waals surface area contributed by atoms with Gasteiger partial charge in [0.15, 0.2) is 11.5 Å². The van der Waals surface area contributed by atoms with Crippen LogP contribution in [0.25, 0.3) is 0 Å². The molecule has 0 saturated carbocycles. The molecule has 0 aliphatic carbocycles. The number of rotatable bonds is 4. The molecule has 19 heavy (non-hydrogen) atoms. The molecule has 4 nitrogen and oxygen atoms in total. The predicted molar refractivity (Wildman–Crippen MR) is 73.2 cm³/mol. The van der Waals surface area contributed by atoms with Gasteiger partial charge in [-0.15, -0.1) is 0 Å². The van der Waals surface area contributed by atoms with E-state index < -0.39 is 10.8 Å². The largest absolute Gasteiger partial charge is 0.490 e. The Bertz CT molecular complexity index is 498. The highest BCUT2D eigenvalue weighted by molar-refractivity contribution is 7.85. The molecule has 1 aliphatic heterocycles. The van der Waals surface area contributed by atoms with E-state index in [1.165, 1.54) is 6.92 Å². The van der Waals surface area contributed by atoms with Gasteiger partial charge in [-0.25, -0.2) is 0 Å². The van der Waals surface area contributed by atoms with Gasteiger partial charge in [0.25, 0.3) is 0 Å². The number of benzene rings is 1. The Morgan fingerprint density at radius 1 is 1.32 bits per heavy atom. The van der Waals surface area contributed by atoms with Gasteiger partial charge in [0.2, 0.25) is 0 Å². The summed E-state index contributed by atoms with van der Waals surface area (Å²) in [7, 11) is -1.21. The van der Waals surface area contributed by atoms with E-state index in [0.717, 1.165) is 6.42 Å². The molecule has 2 rings (SSSR count). The maximum absolute atomic E-state index is 12.3. The van der Waals surface area contributed by atoms with Gasteiger partial charge in [0.05, 0.1) is 24.0 Å². The topological polar surface area (TPSA) is 52.6 Å². The van der Waals surface area contributed by atoms with Crippen molar-refractivity contribution >= 4 is 16.6 Å². The molecular formula is C14H18O4S. The maximum atomic E-state index is 12.3. The highest BCUT2D eigenvalue weighted by Crippen LogP contribution is 2.32. The lowest BCUT2D eigenvalue weighted by Crippen LogP contribution is -2.14. The highest BCUT2D eigenvalue weighted by Gasteiger charge is 2.18. The van der Waals surface area contributed by atoms with Gasteiger partial charge < -0.3 is 9.47 Å². The number of Topliss-reactive ketones (excluding diaryl/α,β-unsaturated/α-hetero) is 1. The van der Waals surface area contributed by atoms with Gasteiger partial charge in [-0.2, -0.15) is 0 Å². The molecule has 1 aromatic rings. The smallest absolute Gasteiger partial charge is 0.162 e. The summed E-state index contributed by atoms with van der Waals surface area (Å²) >= 11 is 0. The zero-order valence-corrected chi connectivity index (χ0v) is 12.0. The lowest BCUT2D eigenvalue weighted by atomic mass is 10.2. The summed E-state index contributed by atoms with van der Waals surface area (Å²) in [6.07, 6.45) is 1.16. The summed E-state index contributed by atoms with van der Waals surface area (Å²) in [4.78, 5) is 11.8. The third-order valence-corrected chi connectivity index (χ3v) is 4.51. The Morgan fingerprint density at radius 3 is 2.68 bits per heavy atom. The minimum atomic E-state index is -1.21. The van der Waals surface area contributed by atoms with Gasteiger partial charge in [0, 0.05) is 29.1 Å². The van der Waals surface area contributed by atoms with Crippen molar-refractivity contribution in [2.75, 3.05) is 13.2 Å². The molecule has 0 amide bonds. The first-order valence-electron chi connectivity index (χ1n) is 6.37. The van der Waals surface area contributed by atoms with Gasteiger partial charge in [0.1, 0.15) is 5.78 Å². The lowest BCUT2D eigenvalue weighted by Gasteiger charge is -2.12. The minimum Gasteiger partial charge on any atom is -0.490 e. The fourth-order valence-electron chi connectivity index (χ4n) is 1.98. The van der Waals surface area contributed by atoms with Crippen molar-refractivity contribution in [3.63, 3.8) is 0 Å². The number of carbonyl (C=O) groups excluding carboxylic acids is 1. The minimum absolute atomic E-state index is 0.0511. The zero-order chi connectivity index (χ0) is 13.8. The number of fused-ring (bicyclic) bond motifs is 1. The van der Waals surface area contributed by atoms with E-state index in [0.29, 0.717) is 36.0 Å². The number of ether oxygens (including phenoxy) is 2. The molecule has 0 spiro atoms. The molecule has 5 heteroatoms. The molecule has 1 aliphatic rings. The number of carbonyl (C=O) groups is 1. The molecular weight excluding hydrogens is 264 g/mol. The quantitative estimate of drug-likeness (QED) is 0.850. The normalized spacial score (nSPS) is 17.4. The van der Waals surface area contributed by atoms with Crippen LogP contribution in [-0.4, -0.2) is 28.5 Å². The molecule has 0 fully saturated rings. The summed E-state index contributed by atoms with van der Waals surface area (Å²) in [5.41, 5.74) is 0. The van der Waals surface area contributed by atoms with Crippen LogP contribution in [0.1, 0.15) is 26.7 Å². The van der Waals surface area contributed by atoms with Crippen molar-refractivity contribution in [2.45, 2.75) is 36.8 Å². The summed E-state index contributed by atoms with van der Waals surface area (Å²) in [5.74, 6) is 1.38. The van der Waals surface area contributed by atoms with Crippen molar-refractivity contribution < 1.29 is 18.5 Å². The van der Waals surface area contributed by atoms with Crippen molar-refractivity contribution in [2.24, 2.45) is 0 Å². The van der Waals surface area contributed by atoms with Crippen molar-refractivity contribution in [1.29, 1.82) is 0 Å². The van der Waals surface area contributed by atoms with E-state index in [-0.39, 0.29) is 11.0 Å². The first-order valence-corrected chi connectivity index (χ1v) is 7.59. The number of hydrogen-bond acceptors (Lipinski definition) is 4. The van der Waals surface area contributed by atoms with Gasteiger partial charge in [-0.3, -0.25) is 9.00 Å². The third kappa shape index (κ3) is 3.56. The molecule has 2 atom stereocenters. The van der Waals surface area contributed by atoms with Crippen LogP contribution in [0.4, 0.5) is 0 Å². The summed E-state index contributed by atoms with van der Waals surface area (Å²) in [6, 6.07) is 5.32. The molecule has 1 aromatic carbocycles. The molecule has 0 aromatic heterocycles. The third-order valence-electron chi connectivity index (χ3n) is 2.89. The van der Waals surface area contributed by atoms with Crippen LogP contribution < -0.4 is 9.47 Å². The second-order valence-corrected chi connectivity index (χ2v) is 6.54. The maximum Gasteiger partial charge on any atom is 0.162 e. The van der Waals surface area contributed by atoms with Gasteiger partial charge in [-0.1, -0.05) is 6.92 Å². The summed E-state index contributed by atoms with van der Waals surface area (Å²) in [6.45, 7) is 4.57. The monoisotopic (exact) mass is 282 g/mol. The van der Waals surface area contributed by atoms with Crippen molar-refractivity contribution in [3.05, 3.63) is 18.2 Å². The van der Waals surface area contributed by atoms with Crippen LogP contribution in [0.15, 0.2) is 23.1 Å². The molecule has 104 valence electrons. The number of ketones is 1. The Balaban J connectivity index is 2.19. The first kappa shape index (κ1) is 14.1. The molecule has 0 radical (unpaired) electrons. The standard InChI is InChI=1S/C14H18O4S/c1-10(15)8-11(2)19(16)12-4-5-13-14(9-12)18-7-3-6-17-13/h4-5,9,11H,3,6-8H2,1-2H3. The fraction of sp³-hybridized carbons (Fsp3) is 0.500. The second-order valence-electron chi connectivity index (χ2n) is 4.67. The van der Waals surface area contributed by atoms with E-state index in [4.69, 9.17) is 9.47 Å². The van der Waals surface area contributed by atoms with E-state index in [2.05, 4.69) is 0 Å².